The van der Waals surface area contributed by atoms with Crippen LogP contribution in [0.3, 0.4) is 0 Å². The fourth-order valence-corrected chi connectivity index (χ4v) is 3.75. The monoisotopic (exact) mass is 449 g/mol. The van der Waals surface area contributed by atoms with Gasteiger partial charge in [0, 0.05) is 6.20 Å². The van der Waals surface area contributed by atoms with Crippen molar-refractivity contribution in [2.45, 2.75) is 13.0 Å². The van der Waals surface area contributed by atoms with Gasteiger partial charge in [0.25, 0.3) is 11.1 Å². The summed E-state index contributed by atoms with van der Waals surface area (Å²) in [5, 5.41) is 8.19. The number of nitrogens with two attached hydrogens (primary N) is 1. The van der Waals surface area contributed by atoms with Gasteiger partial charge < -0.3 is 16.0 Å². The zero-order valence-electron chi connectivity index (χ0n) is 16.7. The molecular weight excluding hydrogens is 434 g/mol. The number of nitrogens with one attached hydrogen (secondary N) is 2. The molecule has 0 saturated carbocycles. The fraction of sp³-hybridized carbons (Fsp3) is 0.100. The predicted octanol–water partition coefficient (Wildman–Crippen LogP) is 1.92. The molecule has 0 aliphatic heterocycles. The molecule has 0 radical (unpaired) electrons. The highest BCUT2D eigenvalue weighted by Gasteiger charge is 2.22. The summed E-state index contributed by atoms with van der Waals surface area (Å²) in [6, 6.07) is 10.1. The molecule has 0 amide bonds. The predicted molar refractivity (Wildman–Crippen MR) is 120 cm³/mol. The summed E-state index contributed by atoms with van der Waals surface area (Å²) in [5.74, 6) is 0.510. The molecule has 1 aromatic carbocycles. The highest BCUT2D eigenvalue weighted by atomic mass is 35.5. The van der Waals surface area contributed by atoms with Crippen LogP contribution in [0.15, 0.2) is 58.5 Å². The third-order valence-electron chi connectivity index (χ3n) is 4.94. The normalized spacial score (nSPS) is 12.3. The van der Waals surface area contributed by atoms with Crippen LogP contribution in [-0.4, -0.2) is 34.1 Å². The molecule has 0 aliphatic rings. The summed E-state index contributed by atoms with van der Waals surface area (Å²) >= 11 is 6.23. The van der Waals surface area contributed by atoms with E-state index in [-0.39, 0.29) is 33.9 Å². The molecule has 4 heterocycles. The Bertz CT molecular complexity index is 1590. The SMILES string of the molecule is CC(Nc1nc(N)nc2[nH]cnc(=O)c12)c1nn2ccc(Cl)c2c(=O)n1-c1ccccc1. The lowest BCUT2D eigenvalue weighted by Gasteiger charge is -2.20. The number of nitrogens with zero attached hydrogens (tertiary/aromatic N) is 6. The van der Waals surface area contributed by atoms with Crippen LogP contribution in [0.5, 0.6) is 0 Å². The minimum atomic E-state index is -0.578. The van der Waals surface area contributed by atoms with E-state index in [1.807, 2.05) is 18.2 Å². The number of benzene rings is 1. The van der Waals surface area contributed by atoms with E-state index < -0.39 is 11.6 Å². The zero-order chi connectivity index (χ0) is 22.4. The van der Waals surface area contributed by atoms with Crippen molar-refractivity contribution in [3.8, 4) is 5.69 Å². The average molecular weight is 450 g/mol. The number of fused-ring (bicyclic) bond motifs is 2. The van der Waals surface area contributed by atoms with Gasteiger partial charge in [-0.25, -0.2) is 4.52 Å². The molecule has 4 N–H and O–H groups in total. The molecule has 11 nitrogen and oxygen atoms in total. The molecule has 0 bridgehead atoms. The molecule has 160 valence electrons. The van der Waals surface area contributed by atoms with Crippen molar-refractivity contribution in [2.75, 3.05) is 11.1 Å². The number of nitrogen functional groups attached to an aromatic ring is 1. The Labute approximate surface area is 184 Å². The third kappa shape index (κ3) is 3.15. The molecule has 0 saturated heterocycles. The number of rotatable bonds is 4. The van der Waals surface area contributed by atoms with Crippen molar-refractivity contribution in [3.05, 3.63) is 80.5 Å². The Hall–Kier alpha value is -4.25. The summed E-state index contributed by atoms with van der Waals surface area (Å²) in [6.45, 7) is 1.78. The molecule has 4 aromatic heterocycles. The van der Waals surface area contributed by atoms with Crippen molar-refractivity contribution in [1.82, 2.24) is 34.1 Å². The second-order valence-electron chi connectivity index (χ2n) is 7.02. The molecule has 1 unspecified atom stereocenters. The van der Waals surface area contributed by atoms with Crippen molar-refractivity contribution < 1.29 is 0 Å². The summed E-state index contributed by atoms with van der Waals surface area (Å²) < 4.78 is 2.90. The van der Waals surface area contributed by atoms with Crippen LogP contribution in [0.25, 0.3) is 22.2 Å². The van der Waals surface area contributed by atoms with E-state index in [0.29, 0.717) is 16.5 Å². The minimum Gasteiger partial charge on any atom is -0.368 e. The number of aromatic amines is 1. The number of hydrogen-bond acceptors (Lipinski definition) is 8. The average Bonchev–Trinajstić information content (AvgIpc) is 3.15. The van der Waals surface area contributed by atoms with Crippen LogP contribution in [0, 0.1) is 0 Å². The first-order valence-electron chi connectivity index (χ1n) is 9.56. The Morgan fingerprint density at radius 2 is 1.94 bits per heavy atom. The van der Waals surface area contributed by atoms with Gasteiger partial charge in [-0.05, 0) is 25.1 Å². The molecule has 0 fully saturated rings. The molecule has 0 aliphatic carbocycles. The van der Waals surface area contributed by atoms with E-state index in [1.54, 1.807) is 31.3 Å². The van der Waals surface area contributed by atoms with Crippen LogP contribution in [-0.2, 0) is 0 Å². The molecule has 12 heteroatoms. The minimum absolute atomic E-state index is 0.0323. The summed E-state index contributed by atoms with van der Waals surface area (Å²) in [7, 11) is 0. The lowest BCUT2D eigenvalue weighted by atomic mass is 10.2. The molecule has 0 spiro atoms. The van der Waals surface area contributed by atoms with Crippen LogP contribution >= 0.6 is 11.6 Å². The first-order chi connectivity index (χ1) is 15.4. The zero-order valence-corrected chi connectivity index (χ0v) is 17.4. The number of para-hydroxylation sites is 1. The maximum atomic E-state index is 13.4. The van der Waals surface area contributed by atoms with Gasteiger partial charge in [-0.3, -0.25) is 14.2 Å². The molecule has 1 atom stereocenters. The van der Waals surface area contributed by atoms with Gasteiger partial charge in [-0.2, -0.15) is 20.1 Å². The molecule has 5 rings (SSSR count). The summed E-state index contributed by atoms with van der Waals surface area (Å²) in [6.07, 6.45) is 2.85. The number of halogens is 1. The van der Waals surface area contributed by atoms with E-state index in [1.165, 1.54) is 15.4 Å². The fourth-order valence-electron chi connectivity index (χ4n) is 3.53. The van der Waals surface area contributed by atoms with Crippen LogP contribution < -0.4 is 22.2 Å². The van der Waals surface area contributed by atoms with Gasteiger partial charge in [0.15, 0.2) is 11.5 Å². The van der Waals surface area contributed by atoms with E-state index in [0.717, 1.165) is 0 Å². The quantitative estimate of drug-likeness (QED) is 0.376. The Morgan fingerprint density at radius 3 is 2.72 bits per heavy atom. The third-order valence-corrected chi connectivity index (χ3v) is 5.25. The van der Waals surface area contributed by atoms with Crippen molar-refractivity contribution >= 4 is 39.9 Å². The Kier molecular flexibility index (Phi) is 4.59. The van der Waals surface area contributed by atoms with Crippen molar-refractivity contribution in [1.29, 1.82) is 0 Å². The first kappa shape index (κ1) is 19.7. The van der Waals surface area contributed by atoms with Gasteiger partial charge >= 0.3 is 0 Å². The van der Waals surface area contributed by atoms with Gasteiger partial charge in [-0.1, -0.05) is 29.8 Å². The number of aromatic nitrogens is 7. The molecular formula is C20H16ClN9O2. The van der Waals surface area contributed by atoms with Crippen LogP contribution in [0.2, 0.25) is 5.02 Å². The van der Waals surface area contributed by atoms with E-state index in [2.05, 4.69) is 30.4 Å². The molecule has 32 heavy (non-hydrogen) atoms. The standard InChI is InChI=1S/C20H16ClN9O2/c1-10(25-16-13-15(26-20(22)27-16)23-9-24-18(13)31)17-28-29-8-7-12(21)14(29)19(32)30(17)11-5-3-2-4-6-11/h2-10H,1H3,(H4,22,23,24,25,26,27,31). The maximum absolute atomic E-state index is 13.4. The maximum Gasteiger partial charge on any atom is 0.285 e. The largest absolute Gasteiger partial charge is 0.368 e. The molecule has 5 aromatic rings. The van der Waals surface area contributed by atoms with Gasteiger partial charge in [0.1, 0.15) is 16.7 Å². The Balaban J connectivity index is 1.71. The topological polar surface area (TPSA) is 149 Å². The van der Waals surface area contributed by atoms with Gasteiger partial charge in [0.05, 0.1) is 23.1 Å². The smallest absolute Gasteiger partial charge is 0.285 e. The lowest BCUT2D eigenvalue weighted by Crippen LogP contribution is -2.29. The first-order valence-corrected chi connectivity index (χ1v) is 9.94. The van der Waals surface area contributed by atoms with Gasteiger partial charge in [-0.15, -0.1) is 0 Å². The van der Waals surface area contributed by atoms with E-state index in [9.17, 15) is 9.59 Å². The number of hydrogen-bond donors (Lipinski definition) is 3. The van der Waals surface area contributed by atoms with Crippen LogP contribution in [0.1, 0.15) is 18.8 Å². The second kappa shape index (κ2) is 7.46. The highest BCUT2D eigenvalue weighted by molar-refractivity contribution is 6.33. The second-order valence-corrected chi connectivity index (χ2v) is 7.43. The van der Waals surface area contributed by atoms with E-state index in [4.69, 9.17) is 17.3 Å². The van der Waals surface area contributed by atoms with Crippen molar-refractivity contribution in [3.63, 3.8) is 0 Å². The van der Waals surface area contributed by atoms with Crippen LogP contribution in [0.4, 0.5) is 11.8 Å². The number of H-pyrrole nitrogens is 1. The van der Waals surface area contributed by atoms with Crippen molar-refractivity contribution in [2.24, 2.45) is 0 Å². The highest BCUT2D eigenvalue weighted by Crippen LogP contribution is 2.24. The van der Waals surface area contributed by atoms with Gasteiger partial charge in [0.2, 0.25) is 5.95 Å². The summed E-state index contributed by atoms with van der Waals surface area (Å²) in [4.78, 5) is 40.5. The summed E-state index contributed by atoms with van der Waals surface area (Å²) in [5.41, 5.74) is 6.07. The van der Waals surface area contributed by atoms with E-state index >= 15 is 0 Å². The Morgan fingerprint density at radius 1 is 1.16 bits per heavy atom. The lowest BCUT2D eigenvalue weighted by molar-refractivity contribution is 0.673. The number of anilines is 2.